The molecule has 0 aromatic carbocycles. The van der Waals surface area contributed by atoms with Gasteiger partial charge in [-0.1, -0.05) is 26.8 Å². The molecule has 0 aliphatic carbocycles. The number of cyclic esters (lactones) is 1. The first-order chi connectivity index (χ1) is 24.5. The molecule has 0 spiro atoms. The molecule has 13 nitrogen and oxygen atoms in total. The quantitative estimate of drug-likeness (QED) is 0.200. The number of aliphatic hydroxyl groups is 4. The summed E-state index contributed by atoms with van der Waals surface area (Å²) in [5.74, 6) is -2.28. The normalized spacial score (nSPS) is 47.4. The highest BCUT2D eigenvalue weighted by Gasteiger charge is 2.52. The topological polar surface area (TPSA) is 160 Å². The molecule has 0 saturated carbocycles. The van der Waals surface area contributed by atoms with E-state index in [4.69, 9.17) is 28.4 Å². The third-order valence-corrected chi connectivity index (χ3v) is 12.1. The molecule has 3 fully saturated rings. The van der Waals surface area contributed by atoms with Crippen molar-refractivity contribution in [2.45, 2.75) is 186 Å². The summed E-state index contributed by atoms with van der Waals surface area (Å²) in [6, 6.07) is -0.368. The first-order valence-electron chi connectivity index (χ1n) is 19.7. The number of nitrogens with zero attached hydrogens (tertiary/aromatic N) is 2. The van der Waals surface area contributed by atoms with Crippen LogP contribution in [0, 0.1) is 17.8 Å². The molecule has 310 valence electrons. The number of rotatable bonds is 9. The van der Waals surface area contributed by atoms with Gasteiger partial charge in [-0.2, -0.15) is 0 Å². The molecule has 0 amide bonds. The Hall–Kier alpha value is -1.23. The minimum Gasteiger partial charge on any atom is -0.459 e. The summed E-state index contributed by atoms with van der Waals surface area (Å²) in [4.78, 5) is 18.4. The Balaban J connectivity index is 2.18. The number of ether oxygens (including phenoxy) is 6. The van der Waals surface area contributed by atoms with Crippen LogP contribution in [0.3, 0.4) is 0 Å². The average Bonchev–Trinajstić information content (AvgIpc) is 3.06. The molecule has 53 heavy (non-hydrogen) atoms. The fraction of sp³-hybridized carbons (Fsp3) is 0.925. The van der Waals surface area contributed by atoms with E-state index < -0.39 is 83.8 Å². The van der Waals surface area contributed by atoms with Crippen molar-refractivity contribution in [3.63, 3.8) is 0 Å². The maximum Gasteiger partial charge on any atom is 0.311 e. The van der Waals surface area contributed by atoms with Crippen molar-refractivity contribution >= 4 is 5.97 Å². The Labute approximate surface area is 319 Å². The molecule has 0 aromatic rings. The Morgan fingerprint density at radius 3 is 2.19 bits per heavy atom. The Bertz CT molecular complexity index is 1170. The zero-order valence-electron chi connectivity index (χ0n) is 34.9. The van der Waals surface area contributed by atoms with E-state index in [1.807, 2.05) is 52.8 Å². The zero-order valence-corrected chi connectivity index (χ0v) is 34.9. The fourth-order valence-electron chi connectivity index (χ4n) is 9.05. The highest BCUT2D eigenvalue weighted by molar-refractivity contribution is 5.73. The SMILES string of the molecule is C=CCN1C[C@H](C)C[C@](C)(O)[C@H](O[C@@H]2O[C@H](C)C[C@H](N(C)C)[C@H]2O)[C@@H](C)[C@H](O[C@H]2C[C@@](C)(OC)[C@@H](O)[C@H](C)O2)[C@@H](C)C(=O)O[C@@H](CC)[C@@](C)(O)C[C@H]1C. The predicted octanol–water partition coefficient (Wildman–Crippen LogP) is 3.49. The highest BCUT2D eigenvalue weighted by atomic mass is 16.7. The van der Waals surface area contributed by atoms with E-state index >= 15 is 0 Å². The van der Waals surface area contributed by atoms with Crippen LogP contribution in [0.2, 0.25) is 0 Å². The zero-order chi connectivity index (χ0) is 40.2. The van der Waals surface area contributed by atoms with Gasteiger partial charge in [-0.15, -0.1) is 6.58 Å². The number of methoxy groups -OCH3 is 1. The van der Waals surface area contributed by atoms with Gasteiger partial charge in [0, 0.05) is 44.6 Å². The molecule has 0 aromatic heterocycles. The lowest BCUT2D eigenvalue weighted by Gasteiger charge is -2.48. The van der Waals surface area contributed by atoms with Crippen molar-refractivity contribution < 1.29 is 53.6 Å². The molecular formula is C40H74N2O11. The van der Waals surface area contributed by atoms with Crippen molar-refractivity contribution in [3.8, 4) is 0 Å². The van der Waals surface area contributed by atoms with Gasteiger partial charge in [0.25, 0.3) is 0 Å². The van der Waals surface area contributed by atoms with Gasteiger partial charge in [0.2, 0.25) is 0 Å². The van der Waals surface area contributed by atoms with Crippen LogP contribution >= 0.6 is 0 Å². The summed E-state index contributed by atoms with van der Waals surface area (Å²) < 4.78 is 37.9. The van der Waals surface area contributed by atoms with Crippen molar-refractivity contribution in [1.29, 1.82) is 0 Å². The van der Waals surface area contributed by atoms with Crippen LogP contribution in [0.1, 0.15) is 101 Å². The molecule has 13 heteroatoms. The van der Waals surface area contributed by atoms with Crippen molar-refractivity contribution in [2.24, 2.45) is 17.8 Å². The number of hydrogen-bond donors (Lipinski definition) is 4. The standard InChI is InChI=1S/C40H74N2O11/c1-15-17-42-22-23(3)19-39(10,47)35(53-37-32(43)29(41(12)13)18-25(5)49-37)26(6)33(52-31-21-40(11,48-14)34(44)28(8)50-31)27(7)36(45)51-30(16-2)38(9,46)20-24(42)4/h15,23-35,37,43-44,46-47H,1,16-22H2,2-14H3/t23-,24-,25-,26+,27-,28+,29+,30+,31+,32-,33+,34+,35-,37+,38+,39+,40-/m1/s1. The van der Waals surface area contributed by atoms with Crippen molar-refractivity contribution in [2.75, 3.05) is 34.3 Å². The summed E-state index contributed by atoms with van der Waals surface area (Å²) in [5, 5.41) is 47.0. The van der Waals surface area contributed by atoms with E-state index in [0.29, 0.717) is 38.8 Å². The van der Waals surface area contributed by atoms with Gasteiger partial charge in [-0.05, 0) is 94.2 Å². The first-order valence-corrected chi connectivity index (χ1v) is 19.7. The predicted molar refractivity (Wildman–Crippen MR) is 202 cm³/mol. The molecule has 3 heterocycles. The van der Waals surface area contributed by atoms with Crippen LogP contribution in [-0.4, -0.2) is 155 Å². The third kappa shape index (κ3) is 11.2. The first kappa shape index (κ1) is 46.2. The maximum atomic E-state index is 14.3. The highest BCUT2D eigenvalue weighted by Crippen LogP contribution is 2.40. The number of carbonyl (C=O) groups excluding carboxylic acids is 1. The second-order valence-corrected chi connectivity index (χ2v) is 17.5. The van der Waals surface area contributed by atoms with Gasteiger partial charge in [-0.25, -0.2) is 0 Å². The molecule has 3 saturated heterocycles. The smallest absolute Gasteiger partial charge is 0.311 e. The molecule has 0 bridgehead atoms. The lowest BCUT2D eigenvalue weighted by molar-refractivity contribution is -0.318. The van der Waals surface area contributed by atoms with E-state index in [0.717, 1.165) is 0 Å². The summed E-state index contributed by atoms with van der Waals surface area (Å²) in [6.45, 7) is 23.5. The van der Waals surface area contributed by atoms with Gasteiger partial charge in [0.1, 0.15) is 23.9 Å². The number of likely N-dealkylation sites (N-methyl/N-ethyl adjacent to an activating group) is 1. The van der Waals surface area contributed by atoms with Gasteiger partial charge in [0.15, 0.2) is 12.6 Å². The van der Waals surface area contributed by atoms with Crippen LogP contribution in [0.4, 0.5) is 0 Å². The molecule has 3 rings (SSSR count). The van der Waals surface area contributed by atoms with Crippen LogP contribution < -0.4 is 0 Å². The van der Waals surface area contributed by atoms with Gasteiger partial charge < -0.3 is 53.7 Å². The Morgan fingerprint density at radius 1 is 0.981 bits per heavy atom. The fourth-order valence-corrected chi connectivity index (χ4v) is 9.05. The molecular weight excluding hydrogens is 684 g/mol. The number of esters is 1. The second kappa shape index (κ2) is 18.8. The molecule has 4 N–H and O–H groups in total. The van der Waals surface area contributed by atoms with Gasteiger partial charge in [-0.3, -0.25) is 9.69 Å². The van der Waals surface area contributed by atoms with Crippen LogP contribution in [0.5, 0.6) is 0 Å². The monoisotopic (exact) mass is 759 g/mol. The Morgan fingerprint density at radius 2 is 1.62 bits per heavy atom. The largest absolute Gasteiger partial charge is 0.459 e. The molecule has 0 unspecified atom stereocenters. The second-order valence-electron chi connectivity index (χ2n) is 17.5. The third-order valence-electron chi connectivity index (χ3n) is 12.1. The maximum absolute atomic E-state index is 14.3. The molecule has 17 atom stereocenters. The Kier molecular flexibility index (Phi) is 16.4. The molecule has 3 aliphatic heterocycles. The van der Waals surface area contributed by atoms with E-state index in [1.165, 1.54) is 7.11 Å². The van der Waals surface area contributed by atoms with E-state index in [9.17, 15) is 25.2 Å². The van der Waals surface area contributed by atoms with E-state index in [2.05, 4.69) is 18.4 Å². The average molecular weight is 759 g/mol. The van der Waals surface area contributed by atoms with Crippen molar-refractivity contribution in [3.05, 3.63) is 12.7 Å². The summed E-state index contributed by atoms with van der Waals surface area (Å²) in [6.07, 6.45) is -4.02. The van der Waals surface area contributed by atoms with Crippen LogP contribution in [0.25, 0.3) is 0 Å². The number of aliphatic hydroxyl groups excluding tert-OH is 2. The van der Waals surface area contributed by atoms with Gasteiger partial charge in [0.05, 0.1) is 41.5 Å². The molecule has 3 aliphatic rings. The molecule has 0 radical (unpaired) electrons. The van der Waals surface area contributed by atoms with E-state index in [1.54, 1.807) is 34.6 Å². The number of hydrogen-bond acceptors (Lipinski definition) is 13. The van der Waals surface area contributed by atoms with Gasteiger partial charge >= 0.3 is 5.97 Å². The minimum atomic E-state index is -1.51. The number of carbonyl (C=O) groups is 1. The van der Waals surface area contributed by atoms with Crippen molar-refractivity contribution in [1.82, 2.24) is 9.80 Å². The lowest BCUT2D eigenvalue weighted by Crippen LogP contribution is -2.60. The lowest BCUT2D eigenvalue weighted by atomic mass is 9.77. The summed E-state index contributed by atoms with van der Waals surface area (Å²) in [5.41, 5.74) is -3.86. The van der Waals surface area contributed by atoms with E-state index in [-0.39, 0.29) is 30.5 Å². The van der Waals surface area contributed by atoms with Crippen LogP contribution in [-0.2, 0) is 33.2 Å². The van der Waals surface area contributed by atoms with Crippen LogP contribution in [0.15, 0.2) is 12.7 Å². The minimum absolute atomic E-state index is 0.0607. The summed E-state index contributed by atoms with van der Waals surface area (Å²) in [7, 11) is 5.33. The summed E-state index contributed by atoms with van der Waals surface area (Å²) >= 11 is 0.